The molecular formula is C78H133NO18. The van der Waals surface area contributed by atoms with E-state index >= 15 is 0 Å². The molecule has 3 aliphatic rings. The van der Waals surface area contributed by atoms with Crippen LogP contribution in [0.3, 0.4) is 0 Å². The van der Waals surface area contributed by atoms with Gasteiger partial charge in [-0.2, -0.15) is 0 Å². The average Bonchev–Trinajstić information content (AvgIpc) is 0.792. The van der Waals surface area contributed by atoms with Gasteiger partial charge in [0.25, 0.3) is 0 Å². The Balaban J connectivity index is 1.37. The van der Waals surface area contributed by atoms with Gasteiger partial charge in [0.05, 0.1) is 38.6 Å². The normalized spacial score (nSPS) is 27.5. The quantitative estimate of drug-likeness (QED) is 0.0199. The van der Waals surface area contributed by atoms with Gasteiger partial charge in [0.2, 0.25) is 5.91 Å². The number of unbranched alkanes of at least 4 members (excludes halogenated alkanes) is 25. The minimum atomic E-state index is -1.99. The molecule has 3 saturated heterocycles. The Morgan fingerprint density at radius 2 is 0.722 bits per heavy atom. The lowest BCUT2D eigenvalue weighted by atomic mass is 9.96. The van der Waals surface area contributed by atoms with Crippen molar-refractivity contribution in [1.29, 1.82) is 0 Å². The van der Waals surface area contributed by atoms with Crippen molar-refractivity contribution in [3.63, 3.8) is 0 Å². The van der Waals surface area contributed by atoms with Crippen molar-refractivity contribution in [3.05, 3.63) is 109 Å². The molecule has 0 bridgehead atoms. The van der Waals surface area contributed by atoms with Crippen LogP contribution < -0.4 is 5.32 Å². The van der Waals surface area contributed by atoms with Crippen LogP contribution in [-0.4, -0.2) is 193 Å². The summed E-state index contributed by atoms with van der Waals surface area (Å²) in [6.45, 7) is 1.58. The molecule has 0 spiro atoms. The number of hydrogen-bond acceptors (Lipinski definition) is 18. The fraction of sp³-hybridized carbons (Fsp3) is 0.756. The predicted octanol–water partition coefficient (Wildman–Crippen LogP) is 11.4. The fourth-order valence-corrected chi connectivity index (χ4v) is 12.0. The third-order valence-electron chi connectivity index (χ3n) is 18.0. The highest BCUT2D eigenvalue weighted by Crippen LogP contribution is 2.33. The molecule has 12 N–H and O–H groups in total. The van der Waals surface area contributed by atoms with E-state index < -0.39 is 124 Å². The Hall–Kier alpha value is -3.55. The molecule has 19 heteroatoms. The molecule has 17 atom stereocenters. The molecule has 3 fully saturated rings. The number of amides is 1. The largest absolute Gasteiger partial charge is 0.394 e. The zero-order valence-corrected chi connectivity index (χ0v) is 59.3. The Kier molecular flexibility index (Phi) is 52.4. The van der Waals surface area contributed by atoms with Gasteiger partial charge >= 0.3 is 0 Å². The van der Waals surface area contributed by atoms with Gasteiger partial charge in [0.1, 0.15) is 73.2 Å². The molecule has 558 valence electrons. The van der Waals surface area contributed by atoms with E-state index in [9.17, 15) is 61.0 Å². The van der Waals surface area contributed by atoms with Gasteiger partial charge in [-0.3, -0.25) is 4.79 Å². The second kappa shape index (κ2) is 58.0. The van der Waals surface area contributed by atoms with Gasteiger partial charge in [0, 0.05) is 6.42 Å². The van der Waals surface area contributed by atoms with E-state index in [4.69, 9.17) is 28.4 Å². The van der Waals surface area contributed by atoms with Gasteiger partial charge in [0.15, 0.2) is 18.9 Å². The monoisotopic (exact) mass is 1370 g/mol. The van der Waals surface area contributed by atoms with Gasteiger partial charge in [-0.25, -0.2) is 0 Å². The molecule has 0 aromatic carbocycles. The molecule has 1 amide bonds. The number of carbonyl (C=O) groups is 1. The van der Waals surface area contributed by atoms with Crippen LogP contribution >= 0.6 is 0 Å². The zero-order chi connectivity index (χ0) is 70.4. The van der Waals surface area contributed by atoms with E-state index in [1.165, 1.54) is 128 Å². The molecule has 97 heavy (non-hydrogen) atoms. The summed E-state index contributed by atoms with van der Waals surface area (Å²) in [6.07, 6.45) is 52.2. The molecular weight excluding hydrogens is 1240 g/mol. The van der Waals surface area contributed by atoms with E-state index in [1.807, 2.05) is 6.08 Å². The molecule has 0 aliphatic carbocycles. The van der Waals surface area contributed by atoms with Gasteiger partial charge < -0.3 is 89.9 Å². The van der Waals surface area contributed by atoms with Gasteiger partial charge in [-0.05, 0) is 96.3 Å². The molecule has 0 saturated carbocycles. The van der Waals surface area contributed by atoms with Crippen LogP contribution in [0.25, 0.3) is 0 Å². The van der Waals surface area contributed by atoms with Crippen LogP contribution in [-0.2, 0) is 33.2 Å². The highest BCUT2D eigenvalue weighted by atomic mass is 16.8. The molecule has 0 aromatic heterocycles. The number of ether oxygens (including phenoxy) is 6. The number of nitrogens with one attached hydrogen (secondary N) is 1. The summed E-state index contributed by atoms with van der Waals surface area (Å²) in [5.41, 5.74) is 0. The van der Waals surface area contributed by atoms with Crippen LogP contribution in [0.1, 0.15) is 245 Å². The van der Waals surface area contributed by atoms with Gasteiger partial charge in [-0.15, -0.1) is 0 Å². The van der Waals surface area contributed by atoms with E-state index in [2.05, 4.69) is 116 Å². The summed E-state index contributed by atoms with van der Waals surface area (Å²) in [4.78, 5) is 13.4. The second-order valence-corrected chi connectivity index (χ2v) is 26.4. The Labute approximate surface area is 583 Å². The fourth-order valence-electron chi connectivity index (χ4n) is 12.0. The molecule has 3 heterocycles. The summed E-state index contributed by atoms with van der Waals surface area (Å²) >= 11 is 0. The average molecular weight is 1370 g/mol. The van der Waals surface area contributed by atoms with Crippen molar-refractivity contribution in [2.75, 3.05) is 26.4 Å². The second-order valence-electron chi connectivity index (χ2n) is 26.4. The Morgan fingerprint density at radius 3 is 1.15 bits per heavy atom. The third-order valence-corrected chi connectivity index (χ3v) is 18.0. The third kappa shape index (κ3) is 38.9. The van der Waals surface area contributed by atoms with Crippen LogP contribution in [0.2, 0.25) is 0 Å². The first-order chi connectivity index (χ1) is 47.3. The molecule has 17 unspecified atom stereocenters. The van der Waals surface area contributed by atoms with Crippen molar-refractivity contribution in [2.24, 2.45) is 0 Å². The summed E-state index contributed by atoms with van der Waals surface area (Å²) in [6, 6.07) is -1.00. The zero-order valence-electron chi connectivity index (χ0n) is 59.3. The molecule has 3 rings (SSSR count). The lowest BCUT2D eigenvalue weighted by molar-refractivity contribution is -0.379. The summed E-state index contributed by atoms with van der Waals surface area (Å²) in [5, 5.41) is 121. The van der Waals surface area contributed by atoms with Crippen molar-refractivity contribution in [3.8, 4) is 0 Å². The van der Waals surface area contributed by atoms with E-state index in [1.54, 1.807) is 6.08 Å². The lowest BCUT2D eigenvalue weighted by Crippen LogP contribution is -2.66. The lowest BCUT2D eigenvalue weighted by Gasteiger charge is -2.48. The van der Waals surface area contributed by atoms with Gasteiger partial charge in [-0.1, -0.05) is 252 Å². The SMILES string of the molecule is CC/C=C\C/C=C\C/C=C\C/C=C\C/C=C\C/C=C\CCCCCCCCCCCCCCCCCCC(=O)NC(COC1OC(CO)C(OC2OC(CO)C(OC3OC(CO)C(O)C(O)C3O)C(O)C2O)C(O)C1O)C(O)/C=C/CC/C=C/CC/C=C/CCCCCCCCC. The first-order valence-corrected chi connectivity index (χ1v) is 37.6. The van der Waals surface area contributed by atoms with E-state index in [0.29, 0.717) is 12.8 Å². The van der Waals surface area contributed by atoms with Crippen LogP contribution in [0, 0.1) is 0 Å². The number of rotatable bonds is 57. The minimum Gasteiger partial charge on any atom is -0.394 e. The summed E-state index contributed by atoms with van der Waals surface area (Å²) in [7, 11) is 0. The van der Waals surface area contributed by atoms with Crippen molar-refractivity contribution in [1.82, 2.24) is 5.32 Å². The topological polar surface area (TPSA) is 307 Å². The number of allylic oxidation sites excluding steroid dienone is 17. The predicted molar refractivity (Wildman–Crippen MR) is 383 cm³/mol. The van der Waals surface area contributed by atoms with Crippen molar-refractivity contribution in [2.45, 2.75) is 349 Å². The summed E-state index contributed by atoms with van der Waals surface area (Å²) in [5.74, 6) is -0.292. The van der Waals surface area contributed by atoms with Crippen molar-refractivity contribution < 1.29 is 89.4 Å². The van der Waals surface area contributed by atoms with Crippen LogP contribution in [0.5, 0.6) is 0 Å². The number of aliphatic hydroxyl groups excluding tert-OH is 11. The van der Waals surface area contributed by atoms with E-state index in [-0.39, 0.29) is 18.9 Å². The smallest absolute Gasteiger partial charge is 0.220 e. The Morgan fingerprint density at radius 1 is 0.381 bits per heavy atom. The molecule has 19 nitrogen and oxygen atoms in total. The number of carbonyl (C=O) groups excluding carboxylic acids is 1. The maximum Gasteiger partial charge on any atom is 0.220 e. The maximum atomic E-state index is 13.4. The molecule has 0 radical (unpaired) electrons. The van der Waals surface area contributed by atoms with Crippen molar-refractivity contribution >= 4 is 5.91 Å². The molecule has 0 aromatic rings. The summed E-state index contributed by atoms with van der Waals surface area (Å²) < 4.78 is 34.3. The standard InChI is InChI=1S/C78H133NO18/c1-3-5-7-9-11-13-15-17-19-21-22-23-24-25-26-27-28-29-30-31-32-33-34-35-36-37-38-40-42-44-46-48-50-52-54-56-66(84)79-61(62(83)55-53-51-49-47-45-43-41-39-20-18-16-14-12-10-8-6-4-2)60-92-76-72(90)69(87)74(64(58-81)94-76)97-78-73(91)70(88)75(65(59-82)95-78)96-77-71(89)68(86)67(85)63(57-80)93-77/h5,7,11,13,17,19-20,22-23,25-26,28-29,39,45,47,53,55,61-65,67-78,80-83,85-91H,3-4,6,8-10,12,14-16,18,21,24,27,30-38,40-44,46,48-52,54,56-60H2,1-2H3,(H,79,84)/b7-5-,13-11-,19-17-,23-22-,26-25-,29-28-,39-20+,47-45+,55-53+. The highest BCUT2D eigenvalue weighted by Gasteiger charge is 2.53. The molecule has 3 aliphatic heterocycles. The van der Waals surface area contributed by atoms with Crippen LogP contribution in [0.4, 0.5) is 0 Å². The first-order valence-electron chi connectivity index (χ1n) is 37.6. The maximum absolute atomic E-state index is 13.4. The van der Waals surface area contributed by atoms with Crippen LogP contribution in [0.15, 0.2) is 109 Å². The van der Waals surface area contributed by atoms with E-state index in [0.717, 1.165) is 83.5 Å². The highest BCUT2D eigenvalue weighted by molar-refractivity contribution is 5.76. The number of aliphatic hydroxyl groups is 11. The Bertz CT molecular complexity index is 2180. The first kappa shape index (κ1) is 87.7. The number of hydrogen-bond donors (Lipinski definition) is 12. The minimum absolute atomic E-state index is 0.227.